The summed E-state index contributed by atoms with van der Waals surface area (Å²) in [6.45, 7) is 3.52. The van der Waals surface area contributed by atoms with E-state index in [1.165, 1.54) is 23.9 Å². The molecule has 1 heterocycles. The maximum atomic E-state index is 12.4. The van der Waals surface area contributed by atoms with E-state index in [4.69, 9.17) is 21.1 Å². The highest BCUT2D eigenvalue weighted by molar-refractivity contribution is 7.99. The number of amides is 1. The number of hydrogen-bond acceptors (Lipinski definition) is 7. The van der Waals surface area contributed by atoms with E-state index in [1.54, 1.807) is 27.0 Å². The third-order valence-corrected chi connectivity index (χ3v) is 5.16. The zero-order valence-corrected chi connectivity index (χ0v) is 18.7. The zero-order valence-electron chi connectivity index (χ0n) is 17.1. The highest BCUT2D eigenvalue weighted by Gasteiger charge is 2.14. The van der Waals surface area contributed by atoms with Crippen LogP contribution in [-0.4, -0.2) is 46.0 Å². The van der Waals surface area contributed by atoms with E-state index in [0.717, 1.165) is 11.3 Å². The average molecular weight is 461 g/mol. The number of nitrogens with zero attached hydrogens (tertiary/aromatic N) is 2. The Morgan fingerprint density at radius 3 is 2.61 bits per heavy atom. The first kappa shape index (κ1) is 22.6. The Morgan fingerprint density at radius 2 is 1.94 bits per heavy atom. The van der Waals surface area contributed by atoms with Crippen LogP contribution in [0.1, 0.15) is 24.2 Å². The molecule has 3 rings (SSSR count). The molecule has 0 unspecified atom stereocenters. The van der Waals surface area contributed by atoms with Crippen LogP contribution < -0.4 is 10.1 Å². The Morgan fingerprint density at radius 1 is 1.19 bits per heavy atom. The van der Waals surface area contributed by atoms with E-state index in [9.17, 15) is 9.59 Å². The number of rotatable bonds is 8. The van der Waals surface area contributed by atoms with Crippen molar-refractivity contribution in [1.29, 1.82) is 0 Å². The summed E-state index contributed by atoms with van der Waals surface area (Å²) in [5.74, 6) is 0.608. The van der Waals surface area contributed by atoms with Gasteiger partial charge in [-0.2, -0.15) is 0 Å². The van der Waals surface area contributed by atoms with Gasteiger partial charge < -0.3 is 14.8 Å². The topological polar surface area (TPSA) is 106 Å². The van der Waals surface area contributed by atoms with Crippen molar-refractivity contribution in [3.63, 3.8) is 0 Å². The molecule has 0 saturated carbocycles. The molecule has 0 spiro atoms. The number of benzene rings is 2. The Balaban J connectivity index is 1.59. The molecule has 0 aliphatic carbocycles. The van der Waals surface area contributed by atoms with Crippen molar-refractivity contribution >= 4 is 40.9 Å². The second-order valence-corrected chi connectivity index (χ2v) is 8.03. The summed E-state index contributed by atoms with van der Waals surface area (Å²) in [6, 6.07) is 12.0. The fourth-order valence-electron chi connectivity index (χ4n) is 2.54. The molecular weight excluding hydrogens is 440 g/mol. The van der Waals surface area contributed by atoms with E-state index >= 15 is 0 Å². The SMILES string of the molecule is COc1ccc(-c2nc(SCC(=O)Nc3cc(C(=O)OC(C)C)ccc3Cl)n[nH]2)cc1. The number of carbonyl (C=O) groups excluding carboxylic acids is 2. The molecule has 2 N–H and O–H groups in total. The Bertz CT molecular complexity index is 1070. The molecule has 8 nitrogen and oxygen atoms in total. The summed E-state index contributed by atoms with van der Waals surface area (Å²) in [6.07, 6.45) is -0.248. The standard InChI is InChI=1S/C21H21ClN4O4S/c1-12(2)30-20(28)14-6-9-16(22)17(10-14)23-18(27)11-31-21-24-19(25-26-21)13-4-7-15(29-3)8-5-13/h4-10,12H,11H2,1-3H3,(H,23,27)(H,24,25,26). The van der Waals surface area contributed by atoms with Crippen molar-refractivity contribution in [2.45, 2.75) is 25.1 Å². The van der Waals surface area contributed by atoms with Gasteiger partial charge in [0, 0.05) is 5.56 Å². The van der Waals surface area contributed by atoms with Crippen molar-refractivity contribution in [1.82, 2.24) is 15.2 Å². The number of H-pyrrole nitrogens is 1. The molecule has 31 heavy (non-hydrogen) atoms. The van der Waals surface area contributed by atoms with Crippen LogP contribution in [0.25, 0.3) is 11.4 Å². The van der Waals surface area contributed by atoms with Gasteiger partial charge in [-0.3, -0.25) is 9.89 Å². The van der Waals surface area contributed by atoms with Crippen LogP contribution in [0.2, 0.25) is 5.02 Å². The summed E-state index contributed by atoms with van der Waals surface area (Å²) in [5, 5.41) is 10.4. The number of nitrogens with one attached hydrogen (secondary N) is 2. The molecule has 10 heteroatoms. The van der Waals surface area contributed by atoms with Gasteiger partial charge in [0.25, 0.3) is 0 Å². The fraction of sp³-hybridized carbons (Fsp3) is 0.238. The third kappa shape index (κ3) is 6.22. The summed E-state index contributed by atoms with van der Waals surface area (Å²) in [5.41, 5.74) is 1.49. The molecule has 2 aromatic carbocycles. The van der Waals surface area contributed by atoms with Crippen LogP contribution in [0.15, 0.2) is 47.6 Å². The van der Waals surface area contributed by atoms with Crippen LogP contribution >= 0.6 is 23.4 Å². The van der Waals surface area contributed by atoms with E-state index < -0.39 is 5.97 Å². The fourth-order valence-corrected chi connectivity index (χ4v) is 3.30. The first-order valence-corrected chi connectivity index (χ1v) is 10.7. The number of hydrogen-bond donors (Lipinski definition) is 2. The number of aromatic nitrogens is 3. The number of thioether (sulfide) groups is 1. The number of carbonyl (C=O) groups is 2. The molecule has 3 aromatic rings. The molecule has 1 aromatic heterocycles. The third-order valence-electron chi connectivity index (χ3n) is 3.98. The minimum absolute atomic E-state index is 0.0664. The van der Waals surface area contributed by atoms with E-state index in [0.29, 0.717) is 27.3 Å². The first-order valence-electron chi connectivity index (χ1n) is 9.35. The number of anilines is 1. The van der Waals surface area contributed by atoms with E-state index in [1.807, 2.05) is 24.3 Å². The summed E-state index contributed by atoms with van der Waals surface area (Å²) in [4.78, 5) is 28.8. The molecular formula is C21H21ClN4O4S. The number of esters is 1. The Hall–Kier alpha value is -3.04. The maximum absolute atomic E-state index is 12.4. The number of halogens is 1. The van der Waals surface area contributed by atoms with Crippen molar-refractivity contribution < 1.29 is 19.1 Å². The first-order chi connectivity index (χ1) is 14.9. The number of methoxy groups -OCH3 is 1. The monoisotopic (exact) mass is 460 g/mol. The van der Waals surface area contributed by atoms with Gasteiger partial charge in [-0.1, -0.05) is 23.4 Å². The van der Waals surface area contributed by atoms with Crippen molar-refractivity contribution in [3.05, 3.63) is 53.1 Å². The molecule has 162 valence electrons. The van der Waals surface area contributed by atoms with Gasteiger partial charge in [-0.25, -0.2) is 9.78 Å². The minimum atomic E-state index is -0.483. The molecule has 0 atom stereocenters. The molecule has 0 saturated heterocycles. The lowest BCUT2D eigenvalue weighted by Crippen LogP contribution is -2.16. The lowest BCUT2D eigenvalue weighted by atomic mass is 10.2. The highest BCUT2D eigenvalue weighted by Crippen LogP contribution is 2.25. The highest BCUT2D eigenvalue weighted by atomic mass is 35.5. The van der Waals surface area contributed by atoms with Crippen molar-refractivity contribution in [3.8, 4) is 17.1 Å². The van der Waals surface area contributed by atoms with Crippen molar-refractivity contribution in [2.75, 3.05) is 18.2 Å². The predicted octanol–water partition coefficient (Wildman–Crippen LogP) is 4.43. The molecule has 0 bridgehead atoms. The molecule has 0 aliphatic rings. The van der Waals surface area contributed by atoms with Gasteiger partial charge in [0.2, 0.25) is 11.1 Å². The van der Waals surface area contributed by atoms with Crippen LogP contribution in [0.4, 0.5) is 5.69 Å². The molecule has 0 radical (unpaired) electrons. The minimum Gasteiger partial charge on any atom is -0.497 e. The normalized spacial score (nSPS) is 10.7. The lowest BCUT2D eigenvalue weighted by molar-refractivity contribution is -0.113. The van der Waals surface area contributed by atoms with Crippen LogP contribution in [0.3, 0.4) is 0 Å². The van der Waals surface area contributed by atoms with E-state index in [2.05, 4.69) is 20.5 Å². The van der Waals surface area contributed by atoms with Crippen LogP contribution in [0, 0.1) is 0 Å². The summed E-state index contributed by atoms with van der Waals surface area (Å²) in [7, 11) is 1.60. The van der Waals surface area contributed by atoms with Gasteiger partial charge in [-0.15, -0.1) is 5.10 Å². The molecule has 0 fully saturated rings. The van der Waals surface area contributed by atoms with Gasteiger partial charge in [-0.05, 0) is 56.3 Å². The van der Waals surface area contributed by atoms with Crippen molar-refractivity contribution in [2.24, 2.45) is 0 Å². The number of aromatic amines is 1. The summed E-state index contributed by atoms with van der Waals surface area (Å²) >= 11 is 7.32. The van der Waals surface area contributed by atoms with Gasteiger partial charge in [0.1, 0.15) is 5.75 Å². The van der Waals surface area contributed by atoms with Gasteiger partial charge in [0.15, 0.2) is 5.82 Å². The largest absolute Gasteiger partial charge is 0.497 e. The average Bonchev–Trinajstić information content (AvgIpc) is 3.22. The maximum Gasteiger partial charge on any atom is 0.338 e. The smallest absolute Gasteiger partial charge is 0.338 e. The quantitative estimate of drug-likeness (QED) is 0.378. The molecule has 0 aliphatic heterocycles. The van der Waals surface area contributed by atoms with Crippen LogP contribution in [-0.2, 0) is 9.53 Å². The second-order valence-electron chi connectivity index (χ2n) is 6.68. The molecule has 1 amide bonds. The second kappa shape index (κ2) is 10.3. The predicted molar refractivity (Wildman–Crippen MR) is 120 cm³/mol. The Labute approximate surface area is 188 Å². The summed E-state index contributed by atoms with van der Waals surface area (Å²) < 4.78 is 10.3. The van der Waals surface area contributed by atoms with Crippen LogP contribution in [0.5, 0.6) is 5.75 Å². The number of ether oxygens (including phenoxy) is 2. The van der Waals surface area contributed by atoms with E-state index in [-0.39, 0.29) is 17.8 Å². The zero-order chi connectivity index (χ0) is 22.4. The Kier molecular flexibility index (Phi) is 7.54. The van der Waals surface area contributed by atoms with Gasteiger partial charge in [0.05, 0.1) is 35.2 Å². The van der Waals surface area contributed by atoms with Gasteiger partial charge >= 0.3 is 5.97 Å². The lowest BCUT2D eigenvalue weighted by Gasteiger charge is -2.11.